The van der Waals surface area contributed by atoms with Gasteiger partial charge in [-0.15, -0.1) is 0 Å². The largest absolute Gasteiger partial charge is 0.329 e. The molecule has 4 aromatic rings. The fourth-order valence-corrected chi connectivity index (χ4v) is 4.55. The molecular weight excluding hydrogens is 457 g/mol. The minimum atomic E-state index is -0.452. The number of nitrogens with zero attached hydrogens (tertiary/aromatic N) is 3. The summed E-state index contributed by atoms with van der Waals surface area (Å²) >= 11 is 12.4. The van der Waals surface area contributed by atoms with Crippen LogP contribution in [0.2, 0.25) is 10.0 Å². The zero-order valence-corrected chi connectivity index (χ0v) is 19.8. The fraction of sp³-hybridized carbons (Fsp3) is 0.192. The minimum Gasteiger partial charge on any atom is -0.329 e. The van der Waals surface area contributed by atoms with Crippen molar-refractivity contribution in [3.05, 3.63) is 105 Å². The summed E-state index contributed by atoms with van der Waals surface area (Å²) in [7, 11) is 0. The van der Waals surface area contributed by atoms with Gasteiger partial charge in [-0.1, -0.05) is 60.5 Å². The Morgan fingerprint density at radius 3 is 2.36 bits per heavy atom. The second-order valence-electron chi connectivity index (χ2n) is 7.60. The highest BCUT2D eigenvalue weighted by atomic mass is 35.5. The predicted molar refractivity (Wildman–Crippen MR) is 134 cm³/mol. The maximum atomic E-state index is 13.6. The number of carbonyl (C=O) groups is 1. The second-order valence-corrected chi connectivity index (χ2v) is 8.45. The first-order chi connectivity index (χ1) is 16.0. The van der Waals surface area contributed by atoms with Crippen LogP contribution in [0.15, 0.2) is 77.6 Å². The maximum Gasteiger partial charge on any atom is 0.266 e. The lowest BCUT2D eigenvalue weighted by Gasteiger charge is -2.31. The molecule has 1 atom stereocenters. The Bertz CT molecular complexity index is 1370. The van der Waals surface area contributed by atoms with Gasteiger partial charge in [-0.25, -0.2) is 4.98 Å². The normalized spacial score (nSPS) is 12.0. The van der Waals surface area contributed by atoms with Gasteiger partial charge in [0.25, 0.3) is 11.5 Å². The molecule has 0 saturated heterocycles. The third-order valence-corrected chi connectivity index (χ3v) is 6.19. The molecule has 1 amide bonds. The number of carbonyl (C=O) groups excluding carboxylic acids is 1. The van der Waals surface area contributed by atoms with Crippen LogP contribution in [0.25, 0.3) is 16.6 Å². The van der Waals surface area contributed by atoms with E-state index in [2.05, 4.69) is 0 Å². The van der Waals surface area contributed by atoms with Crippen molar-refractivity contribution < 1.29 is 4.79 Å². The van der Waals surface area contributed by atoms with Crippen LogP contribution >= 0.6 is 23.2 Å². The van der Waals surface area contributed by atoms with Crippen molar-refractivity contribution in [3.63, 3.8) is 0 Å². The number of amides is 1. The maximum absolute atomic E-state index is 13.6. The summed E-state index contributed by atoms with van der Waals surface area (Å²) in [6.07, 6.45) is 0.558. The highest BCUT2D eigenvalue weighted by Crippen LogP contribution is 2.29. The van der Waals surface area contributed by atoms with Gasteiger partial charge in [0.15, 0.2) is 0 Å². The number of fused-ring (bicyclic) bond motifs is 1. The average molecular weight is 480 g/mol. The molecule has 0 N–H and O–H groups in total. The fourth-order valence-electron chi connectivity index (χ4n) is 4.07. The lowest BCUT2D eigenvalue weighted by Crippen LogP contribution is -2.38. The molecule has 168 valence electrons. The molecule has 0 aliphatic rings. The summed E-state index contributed by atoms with van der Waals surface area (Å²) < 4.78 is 1.61. The Kier molecular flexibility index (Phi) is 6.82. The minimum absolute atomic E-state index is 0.173. The van der Waals surface area contributed by atoms with Gasteiger partial charge in [-0.05, 0) is 55.8 Å². The molecule has 1 aromatic heterocycles. The Balaban J connectivity index is 1.93. The van der Waals surface area contributed by atoms with Gasteiger partial charge in [0.2, 0.25) is 0 Å². The lowest BCUT2D eigenvalue weighted by atomic mass is 10.1. The monoisotopic (exact) mass is 479 g/mol. The van der Waals surface area contributed by atoms with Crippen LogP contribution in [-0.2, 0) is 0 Å². The third-order valence-electron chi connectivity index (χ3n) is 5.64. The van der Waals surface area contributed by atoms with Crippen LogP contribution in [-0.4, -0.2) is 26.9 Å². The number of aromatic nitrogens is 2. The molecule has 7 heteroatoms. The van der Waals surface area contributed by atoms with E-state index in [4.69, 9.17) is 28.2 Å². The first-order valence-corrected chi connectivity index (χ1v) is 11.5. The number of benzene rings is 3. The highest BCUT2D eigenvalue weighted by molar-refractivity contribution is 6.36. The zero-order chi connectivity index (χ0) is 23.5. The van der Waals surface area contributed by atoms with E-state index in [1.165, 1.54) is 0 Å². The van der Waals surface area contributed by atoms with Gasteiger partial charge in [0.1, 0.15) is 5.82 Å². The summed E-state index contributed by atoms with van der Waals surface area (Å²) in [5, 5.41) is 1.27. The molecule has 4 rings (SSSR count). The van der Waals surface area contributed by atoms with Crippen molar-refractivity contribution in [1.82, 2.24) is 14.5 Å². The zero-order valence-electron chi connectivity index (χ0n) is 18.3. The summed E-state index contributed by atoms with van der Waals surface area (Å²) in [6, 6.07) is 21.0. The Morgan fingerprint density at radius 2 is 1.70 bits per heavy atom. The summed E-state index contributed by atoms with van der Waals surface area (Å²) in [5.74, 6) is 0.265. The van der Waals surface area contributed by atoms with Crippen molar-refractivity contribution in [1.29, 1.82) is 0 Å². The molecule has 0 bridgehead atoms. The van der Waals surface area contributed by atoms with E-state index < -0.39 is 6.04 Å². The Labute approximate surface area is 202 Å². The number of hydrogen-bond acceptors (Lipinski definition) is 3. The van der Waals surface area contributed by atoms with Crippen LogP contribution in [0.5, 0.6) is 0 Å². The summed E-state index contributed by atoms with van der Waals surface area (Å²) in [6.45, 7) is 4.28. The quantitative estimate of drug-likeness (QED) is 0.325. The van der Waals surface area contributed by atoms with Crippen LogP contribution in [0.1, 0.15) is 42.5 Å². The van der Waals surface area contributed by atoms with E-state index in [1.54, 1.807) is 33.7 Å². The highest BCUT2D eigenvalue weighted by Gasteiger charge is 2.29. The van der Waals surface area contributed by atoms with Crippen molar-refractivity contribution in [3.8, 4) is 5.69 Å². The topological polar surface area (TPSA) is 55.2 Å². The molecule has 3 aromatic carbocycles. The van der Waals surface area contributed by atoms with Gasteiger partial charge < -0.3 is 4.90 Å². The van der Waals surface area contributed by atoms with Gasteiger partial charge in [0, 0.05) is 11.6 Å². The predicted octanol–water partition coefficient (Wildman–Crippen LogP) is 6.31. The first kappa shape index (κ1) is 23.0. The van der Waals surface area contributed by atoms with Crippen LogP contribution in [0.4, 0.5) is 0 Å². The number of rotatable bonds is 6. The molecule has 0 aliphatic heterocycles. The molecule has 1 heterocycles. The number of para-hydroxylation sites is 2. The van der Waals surface area contributed by atoms with E-state index >= 15 is 0 Å². The molecule has 0 saturated carbocycles. The molecule has 1 unspecified atom stereocenters. The van der Waals surface area contributed by atoms with Gasteiger partial charge in [0.05, 0.1) is 33.2 Å². The van der Waals surface area contributed by atoms with E-state index in [9.17, 15) is 9.59 Å². The van der Waals surface area contributed by atoms with Crippen LogP contribution in [0, 0.1) is 0 Å². The standard InChI is InChI=1S/C26H23Cl2N3O2/c1-3-23(30(4-2)25(32)19-15-14-17(27)16-21(19)28)24-29-22-13-9-8-12-20(22)26(33)31(24)18-10-6-5-7-11-18/h5-16,23H,3-4H2,1-2H3. The molecule has 0 spiro atoms. The average Bonchev–Trinajstić information content (AvgIpc) is 2.82. The lowest BCUT2D eigenvalue weighted by molar-refractivity contribution is 0.0672. The molecule has 0 fully saturated rings. The van der Waals surface area contributed by atoms with Crippen molar-refractivity contribution in [2.75, 3.05) is 6.54 Å². The molecule has 5 nitrogen and oxygen atoms in total. The van der Waals surface area contributed by atoms with Crippen LogP contribution < -0.4 is 5.56 Å². The Hall–Kier alpha value is -3.15. The SMILES string of the molecule is CCC(c1nc2ccccc2c(=O)n1-c1ccccc1)N(CC)C(=O)c1ccc(Cl)cc1Cl. The van der Waals surface area contributed by atoms with Gasteiger partial charge >= 0.3 is 0 Å². The van der Waals surface area contributed by atoms with Gasteiger partial charge in [-0.2, -0.15) is 0 Å². The van der Waals surface area contributed by atoms with Crippen molar-refractivity contribution >= 4 is 40.0 Å². The molecule has 0 radical (unpaired) electrons. The third kappa shape index (κ3) is 4.39. The summed E-state index contributed by atoms with van der Waals surface area (Å²) in [4.78, 5) is 33.7. The second kappa shape index (κ2) is 9.77. The van der Waals surface area contributed by atoms with Crippen molar-refractivity contribution in [2.24, 2.45) is 0 Å². The molecule has 33 heavy (non-hydrogen) atoms. The smallest absolute Gasteiger partial charge is 0.266 e. The first-order valence-electron chi connectivity index (χ1n) is 10.8. The van der Waals surface area contributed by atoms with E-state index in [-0.39, 0.29) is 16.5 Å². The van der Waals surface area contributed by atoms with Crippen molar-refractivity contribution in [2.45, 2.75) is 26.3 Å². The van der Waals surface area contributed by atoms with E-state index in [0.29, 0.717) is 46.0 Å². The molecular formula is C26H23Cl2N3O2. The summed E-state index contributed by atoms with van der Waals surface area (Å²) in [5.41, 5.74) is 1.47. The number of hydrogen-bond donors (Lipinski definition) is 0. The van der Waals surface area contributed by atoms with E-state index in [0.717, 1.165) is 0 Å². The number of halogens is 2. The molecule has 0 aliphatic carbocycles. The van der Waals surface area contributed by atoms with E-state index in [1.807, 2.05) is 62.4 Å². The van der Waals surface area contributed by atoms with Gasteiger partial charge in [-0.3, -0.25) is 14.2 Å². The van der Waals surface area contributed by atoms with Crippen LogP contribution in [0.3, 0.4) is 0 Å². The Morgan fingerprint density at radius 1 is 1.00 bits per heavy atom.